The molecule has 0 amide bonds. The summed E-state index contributed by atoms with van der Waals surface area (Å²) in [5.41, 5.74) is 6.30. The highest BCUT2D eigenvalue weighted by Gasteiger charge is 1.95. The molecule has 4 heteroatoms. The molecule has 1 aliphatic rings. The lowest BCUT2D eigenvalue weighted by Crippen LogP contribution is -2.19. The molecule has 0 atom stereocenters. The number of hydrazine groups is 1. The third-order valence-corrected chi connectivity index (χ3v) is 2.09. The summed E-state index contributed by atoms with van der Waals surface area (Å²) in [5.74, 6) is 0. The Morgan fingerprint density at radius 3 is 2.69 bits per heavy atom. The lowest BCUT2D eigenvalue weighted by atomic mass is 10.2. The lowest BCUT2D eigenvalue weighted by molar-refractivity contribution is 0.602. The van der Waals surface area contributed by atoms with Gasteiger partial charge in [-0.3, -0.25) is 4.79 Å². The third kappa shape index (κ3) is 2.49. The summed E-state index contributed by atoms with van der Waals surface area (Å²) in [6.45, 7) is 0.958. The fraction of sp³-hybridized carbons (Fsp3) is 0.0833. The number of benzene rings is 1. The quantitative estimate of drug-likeness (QED) is 0.699. The van der Waals surface area contributed by atoms with Gasteiger partial charge < -0.3 is 9.84 Å². The van der Waals surface area contributed by atoms with Gasteiger partial charge in [-0.15, -0.1) is 0 Å². The van der Waals surface area contributed by atoms with Crippen molar-refractivity contribution in [3.05, 3.63) is 59.1 Å². The Morgan fingerprint density at radius 1 is 1.19 bits per heavy atom. The van der Waals surface area contributed by atoms with Crippen molar-refractivity contribution < 1.29 is 4.42 Å². The van der Waals surface area contributed by atoms with E-state index >= 15 is 0 Å². The molecule has 2 heterocycles. The van der Waals surface area contributed by atoms with E-state index in [2.05, 4.69) is 10.9 Å². The summed E-state index contributed by atoms with van der Waals surface area (Å²) in [4.78, 5) is 11.1. The van der Waals surface area contributed by atoms with Gasteiger partial charge >= 0.3 is 0 Å². The van der Waals surface area contributed by atoms with Crippen molar-refractivity contribution in [2.75, 3.05) is 6.54 Å². The van der Waals surface area contributed by atoms with Gasteiger partial charge in [-0.1, -0.05) is 18.2 Å². The molecular weight excluding hydrogens is 204 g/mol. The largest absolute Gasteiger partial charge is 0.464 e. The average Bonchev–Trinajstić information content (AvgIpc) is 2.88. The smallest absolute Gasteiger partial charge is 0.192 e. The molecule has 1 aliphatic heterocycles. The predicted octanol–water partition coefficient (Wildman–Crippen LogP) is 1.40. The highest BCUT2D eigenvalue weighted by atomic mass is 16.3. The number of rotatable bonds is 0. The molecule has 16 heavy (non-hydrogen) atoms. The molecule has 0 saturated heterocycles. The fourth-order valence-corrected chi connectivity index (χ4v) is 1.33. The van der Waals surface area contributed by atoms with Gasteiger partial charge in [0.05, 0.1) is 11.6 Å². The van der Waals surface area contributed by atoms with Crippen LogP contribution >= 0.6 is 0 Å². The van der Waals surface area contributed by atoms with Gasteiger partial charge in [0.15, 0.2) is 5.43 Å². The molecule has 1 aromatic heterocycles. The number of hydrogen-bond donors (Lipinski definition) is 2. The normalized spacial score (nSPS) is 13.0. The molecule has 0 aliphatic carbocycles. The summed E-state index contributed by atoms with van der Waals surface area (Å²) in [7, 11) is 0. The van der Waals surface area contributed by atoms with Gasteiger partial charge in [-0.05, 0) is 12.1 Å². The van der Waals surface area contributed by atoms with Crippen molar-refractivity contribution in [3.63, 3.8) is 0 Å². The zero-order chi connectivity index (χ0) is 11.2. The first-order chi connectivity index (χ1) is 7.88. The zero-order valence-electron chi connectivity index (χ0n) is 8.64. The first-order valence-corrected chi connectivity index (χ1v) is 4.98. The Bertz CT molecular complexity index is 534. The topological polar surface area (TPSA) is 54.3 Å². The van der Waals surface area contributed by atoms with E-state index in [4.69, 9.17) is 4.42 Å². The maximum Gasteiger partial charge on any atom is 0.192 e. The van der Waals surface area contributed by atoms with Crippen molar-refractivity contribution in [3.8, 4) is 0 Å². The van der Waals surface area contributed by atoms with Crippen LogP contribution < -0.4 is 16.3 Å². The van der Waals surface area contributed by atoms with Crippen LogP contribution in [0.2, 0.25) is 0 Å². The van der Waals surface area contributed by atoms with E-state index in [1.807, 2.05) is 24.4 Å². The van der Waals surface area contributed by atoms with E-state index in [1.54, 1.807) is 12.1 Å². The van der Waals surface area contributed by atoms with Crippen molar-refractivity contribution >= 4 is 11.0 Å². The van der Waals surface area contributed by atoms with Crippen molar-refractivity contribution in [1.82, 2.24) is 10.9 Å². The Labute approximate surface area is 92.6 Å². The van der Waals surface area contributed by atoms with Gasteiger partial charge in [0.1, 0.15) is 5.58 Å². The van der Waals surface area contributed by atoms with E-state index in [0.29, 0.717) is 11.0 Å². The fourth-order valence-electron chi connectivity index (χ4n) is 1.33. The molecule has 2 N–H and O–H groups in total. The van der Waals surface area contributed by atoms with Crippen LogP contribution in [0.1, 0.15) is 0 Å². The van der Waals surface area contributed by atoms with Crippen LogP contribution in [-0.2, 0) is 0 Å². The lowest BCUT2D eigenvalue weighted by Gasteiger charge is -1.91. The van der Waals surface area contributed by atoms with E-state index in [0.717, 1.165) is 6.54 Å². The highest BCUT2D eigenvalue weighted by Crippen LogP contribution is 2.06. The van der Waals surface area contributed by atoms with Crippen LogP contribution in [0.25, 0.3) is 11.0 Å². The minimum Gasteiger partial charge on any atom is -0.464 e. The predicted molar refractivity (Wildman–Crippen MR) is 62.8 cm³/mol. The first kappa shape index (κ1) is 10.4. The van der Waals surface area contributed by atoms with Crippen molar-refractivity contribution in [2.45, 2.75) is 0 Å². The zero-order valence-corrected chi connectivity index (χ0v) is 8.64. The van der Waals surface area contributed by atoms with Crippen LogP contribution in [0.4, 0.5) is 0 Å². The monoisotopic (exact) mass is 216 g/mol. The molecule has 0 saturated carbocycles. The molecular formula is C12H12N2O2. The Kier molecular flexibility index (Phi) is 3.35. The summed E-state index contributed by atoms with van der Waals surface area (Å²) in [6, 6.07) is 8.60. The first-order valence-electron chi connectivity index (χ1n) is 4.98. The number of para-hydroxylation sites is 1. The maximum atomic E-state index is 11.1. The molecule has 82 valence electrons. The third-order valence-electron chi connectivity index (χ3n) is 2.09. The van der Waals surface area contributed by atoms with Gasteiger partial charge in [0, 0.05) is 18.8 Å². The minimum absolute atomic E-state index is 0.00634. The molecule has 3 rings (SSSR count). The molecule has 0 bridgehead atoms. The van der Waals surface area contributed by atoms with Crippen LogP contribution in [0, 0.1) is 0 Å². The number of nitrogens with one attached hydrogen (secondary N) is 2. The molecule has 1 aromatic carbocycles. The van der Waals surface area contributed by atoms with Gasteiger partial charge in [0.2, 0.25) is 0 Å². The van der Waals surface area contributed by atoms with E-state index in [1.165, 1.54) is 12.3 Å². The van der Waals surface area contributed by atoms with Crippen LogP contribution in [-0.4, -0.2) is 6.54 Å². The summed E-state index contributed by atoms with van der Waals surface area (Å²) < 4.78 is 5.09. The van der Waals surface area contributed by atoms with Gasteiger partial charge in [-0.2, -0.15) is 0 Å². The Morgan fingerprint density at radius 2 is 2.06 bits per heavy atom. The molecule has 0 spiro atoms. The molecule has 4 nitrogen and oxygen atoms in total. The standard InChI is InChI=1S/C9H6O2.C3H6N2/c10-8-5-6-11-9-4-2-1-3-7(8)9;1-2-4-5-3-1/h1-6H;1-2,4-5H,3H2. The van der Waals surface area contributed by atoms with E-state index in [-0.39, 0.29) is 5.43 Å². The van der Waals surface area contributed by atoms with Crippen molar-refractivity contribution in [1.29, 1.82) is 0 Å². The Balaban J connectivity index is 0.000000162. The summed E-state index contributed by atoms with van der Waals surface area (Å²) in [6.07, 6.45) is 5.30. The molecule has 0 fully saturated rings. The van der Waals surface area contributed by atoms with Gasteiger partial charge in [-0.25, -0.2) is 5.43 Å². The van der Waals surface area contributed by atoms with Crippen LogP contribution in [0.5, 0.6) is 0 Å². The second-order valence-corrected chi connectivity index (χ2v) is 3.21. The van der Waals surface area contributed by atoms with Crippen molar-refractivity contribution in [2.24, 2.45) is 0 Å². The maximum absolute atomic E-state index is 11.1. The van der Waals surface area contributed by atoms with E-state index < -0.39 is 0 Å². The van der Waals surface area contributed by atoms with E-state index in [9.17, 15) is 4.79 Å². The van der Waals surface area contributed by atoms with Crippen LogP contribution in [0.3, 0.4) is 0 Å². The molecule has 0 unspecified atom stereocenters. The van der Waals surface area contributed by atoms with Crippen LogP contribution in [0.15, 0.2) is 58.1 Å². The number of hydrogen-bond acceptors (Lipinski definition) is 4. The highest BCUT2D eigenvalue weighted by molar-refractivity contribution is 5.75. The summed E-state index contributed by atoms with van der Waals surface area (Å²) >= 11 is 0. The minimum atomic E-state index is 0.00634. The molecule has 2 aromatic rings. The molecule has 0 radical (unpaired) electrons. The van der Waals surface area contributed by atoms with Gasteiger partial charge in [0.25, 0.3) is 0 Å². The Hall–Kier alpha value is -2.07. The summed E-state index contributed by atoms with van der Waals surface area (Å²) in [5, 5.41) is 0.634. The SMILES string of the molecule is C1=CNNC1.O=c1ccoc2ccccc12. The average molecular weight is 216 g/mol. The number of fused-ring (bicyclic) bond motifs is 1. The second-order valence-electron chi connectivity index (χ2n) is 3.21. The second kappa shape index (κ2) is 5.14.